The lowest BCUT2D eigenvalue weighted by atomic mass is 9.60. The quantitative estimate of drug-likeness (QED) is 0.822. The fourth-order valence-corrected chi connectivity index (χ4v) is 4.01. The van der Waals surface area contributed by atoms with Crippen LogP contribution in [-0.4, -0.2) is 29.1 Å². The van der Waals surface area contributed by atoms with Crippen molar-refractivity contribution in [2.45, 2.75) is 45.1 Å². The van der Waals surface area contributed by atoms with E-state index < -0.39 is 0 Å². The Hall–Kier alpha value is -1.02. The summed E-state index contributed by atoms with van der Waals surface area (Å²) in [6, 6.07) is 6.66. The van der Waals surface area contributed by atoms with Crippen LogP contribution in [0.4, 0.5) is 0 Å². The van der Waals surface area contributed by atoms with E-state index in [9.17, 15) is 5.11 Å². The second-order valence-corrected chi connectivity index (χ2v) is 6.31. The third-order valence-corrected chi connectivity index (χ3v) is 5.34. The summed E-state index contributed by atoms with van der Waals surface area (Å²) in [5.41, 5.74) is 3.07. The third-order valence-electron chi connectivity index (χ3n) is 5.34. The second-order valence-electron chi connectivity index (χ2n) is 6.31. The van der Waals surface area contributed by atoms with Gasteiger partial charge in [0.05, 0.1) is 0 Å². The lowest BCUT2D eigenvalue weighted by Gasteiger charge is -2.53. The first-order valence-corrected chi connectivity index (χ1v) is 7.11. The molecule has 2 aliphatic rings. The van der Waals surface area contributed by atoms with Gasteiger partial charge in [0.15, 0.2) is 0 Å². The van der Waals surface area contributed by atoms with Crippen molar-refractivity contribution >= 4 is 0 Å². The number of nitrogens with zero attached hydrogens (tertiary/aromatic N) is 1. The fraction of sp³-hybridized carbons (Fsp3) is 0.625. The number of likely N-dealkylation sites (N-methyl/N-ethyl adjacent to an activating group) is 1. The summed E-state index contributed by atoms with van der Waals surface area (Å²) in [5, 5.41) is 9.77. The minimum absolute atomic E-state index is 0.239. The highest BCUT2D eigenvalue weighted by Gasteiger charge is 2.46. The van der Waals surface area contributed by atoms with Gasteiger partial charge >= 0.3 is 0 Å². The number of rotatable bonds is 1. The highest BCUT2D eigenvalue weighted by molar-refractivity contribution is 5.43. The number of benzene rings is 1. The van der Waals surface area contributed by atoms with Crippen molar-refractivity contribution in [2.75, 3.05) is 13.1 Å². The van der Waals surface area contributed by atoms with E-state index in [1.54, 1.807) is 0 Å². The van der Waals surface area contributed by atoms with E-state index >= 15 is 0 Å². The molecular formula is C16H23NO. The molecule has 18 heavy (non-hydrogen) atoms. The van der Waals surface area contributed by atoms with Crippen LogP contribution in [0.5, 0.6) is 5.75 Å². The molecule has 0 spiro atoms. The number of likely N-dealkylation sites (tertiary alicyclic amines) is 1. The molecule has 0 radical (unpaired) electrons. The fourth-order valence-electron chi connectivity index (χ4n) is 4.01. The maximum absolute atomic E-state index is 9.77. The zero-order valence-electron chi connectivity index (χ0n) is 11.6. The second kappa shape index (κ2) is 3.99. The van der Waals surface area contributed by atoms with Gasteiger partial charge in [-0.1, -0.05) is 26.8 Å². The molecule has 1 aliphatic carbocycles. The van der Waals surface area contributed by atoms with E-state index in [1.807, 2.05) is 12.1 Å². The van der Waals surface area contributed by atoms with Gasteiger partial charge in [-0.15, -0.1) is 0 Å². The number of hydrogen-bond acceptors (Lipinski definition) is 2. The van der Waals surface area contributed by atoms with Gasteiger partial charge in [0.25, 0.3) is 0 Å². The predicted octanol–water partition coefficient (Wildman–Crippen LogP) is 2.94. The lowest BCUT2D eigenvalue weighted by Crippen LogP contribution is -2.56. The van der Waals surface area contributed by atoms with Gasteiger partial charge in [0, 0.05) is 12.6 Å². The molecule has 1 N–H and O–H groups in total. The molecular weight excluding hydrogens is 222 g/mol. The van der Waals surface area contributed by atoms with E-state index in [4.69, 9.17) is 0 Å². The average Bonchev–Trinajstić information content (AvgIpc) is 2.35. The van der Waals surface area contributed by atoms with E-state index in [-0.39, 0.29) is 5.41 Å². The largest absolute Gasteiger partial charge is 0.508 e. The van der Waals surface area contributed by atoms with E-state index in [2.05, 4.69) is 31.7 Å². The number of hydrogen-bond donors (Lipinski definition) is 1. The van der Waals surface area contributed by atoms with Crippen molar-refractivity contribution in [1.82, 2.24) is 4.90 Å². The van der Waals surface area contributed by atoms with Gasteiger partial charge in [-0.05, 0) is 54.0 Å². The summed E-state index contributed by atoms with van der Waals surface area (Å²) >= 11 is 0. The number of fused-ring (bicyclic) bond motifs is 4. The van der Waals surface area contributed by atoms with Gasteiger partial charge in [-0.3, -0.25) is 0 Å². The Morgan fingerprint density at radius 1 is 1.44 bits per heavy atom. The van der Waals surface area contributed by atoms with Crippen molar-refractivity contribution < 1.29 is 5.11 Å². The summed E-state index contributed by atoms with van der Waals surface area (Å²) < 4.78 is 0. The molecule has 1 aromatic rings. The van der Waals surface area contributed by atoms with Crippen LogP contribution >= 0.6 is 0 Å². The van der Waals surface area contributed by atoms with E-state index in [1.165, 1.54) is 24.1 Å². The van der Waals surface area contributed by atoms with Crippen molar-refractivity contribution in [3.05, 3.63) is 29.3 Å². The third kappa shape index (κ3) is 1.58. The Bertz CT molecular complexity index is 470. The molecule has 3 atom stereocenters. The van der Waals surface area contributed by atoms with Gasteiger partial charge in [-0.25, -0.2) is 0 Å². The molecule has 2 nitrogen and oxygen atoms in total. The molecule has 3 rings (SSSR count). The average molecular weight is 245 g/mol. The van der Waals surface area contributed by atoms with Gasteiger partial charge < -0.3 is 10.0 Å². The Morgan fingerprint density at radius 2 is 2.22 bits per heavy atom. The van der Waals surface area contributed by atoms with Gasteiger partial charge in [-0.2, -0.15) is 0 Å². The molecule has 2 unspecified atom stereocenters. The molecule has 98 valence electrons. The van der Waals surface area contributed by atoms with Crippen LogP contribution < -0.4 is 0 Å². The number of piperidine rings is 1. The summed E-state index contributed by atoms with van der Waals surface area (Å²) in [4.78, 5) is 2.63. The van der Waals surface area contributed by atoms with E-state index in [0.717, 1.165) is 13.0 Å². The maximum atomic E-state index is 9.77. The molecule has 1 aliphatic heterocycles. The number of phenolic OH excluding ortho intramolecular Hbond substituents is 1. The summed E-state index contributed by atoms with van der Waals surface area (Å²) in [6.07, 6.45) is 2.38. The Kier molecular flexibility index (Phi) is 2.67. The van der Waals surface area contributed by atoms with Crippen LogP contribution in [0.1, 0.15) is 38.3 Å². The van der Waals surface area contributed by atoms with Crippen LogP contribution in [-0.2, 0) is 11.8 Å². The molecule has 1 saturated heterocycles. The van der Waals surface area contributed by atoms with Crippen LogP contribution in [0.25, 0.3) is 0 Å². The SMILES string of the molecule is CCN1CC(C)[C@@]2(C)CC1Cc1ccc(O)cc12. The topological polar surface area (TPSA) is 23.5 Å². The van der Waals surface area contributed by atoms with Gasteiger partial charge in [0.1, 0.15) is 5.75 Å². The van der Waals surface area contributed by atoms with Crippen molar-refractivity contribution in [2.24, 2.45) is 5.92 Å². The van der Waals surface area contributed by atoms with Crippen LogP contribution in [0.15, 0.2) is 18.2 Å². The predicted molar refractivity (Wildman–Crippen MR) is 74.0 cm³/mol. The standard InChI is InChI=1S/C16H23NO/c1-4-17-10-11(2)16(3)9-13(17)7-12-5-6-14(18)8-15(12)16/h5-6,8,11,13,18H,4,7,9-10H2,1-3H3/t11?,13?,16-/m1/s1. The minimum atomic E-state index is 0.239. The molecule has 1 heterocycles. The molecule has 0 saturated carbocycles. The molecule has 2 bridgehead atoms. The van der Waals surface area contributed by atoms with E-state index in [0.29, 0.717) is 17.7 Å². The molecule has 0 aromatic heterocycles. The molecule has 1 aromatic carbocycles. The zero-order chi connectivity index (χ0) is 12.9. The van der Waals surface area contributed by atoms with Gasteiger partial charge in [0.2, 0.25) is 0 Å². The first-order chi connectivity index (χ1) is 8.54. The summed E-state index contributed by atoms with van der Waals surface area (Å²) in [7, 11) is 0. The Balaban J connectivity index is 2.10. The van der Waals surface area contributed by atoms with Crippen LogP contribution in [0.3, 0.4) is 0 Å². The Morgan fingerprint density at radius 3 is 2.94 bits per heavy atom. The van der Waals surface area contributed by atoms with Crippen molar-refractivity contribution in [3.63, 3.8) is 0 Å². The first-order valence-electron chi connectivity index (χ1n) is 7.11. The highest BCUT2D eigenvalue weighted by atomic mass is 16.3. The summed E-state index contributed by atoms with van der Waals surface area (Å²) in [5.74, 6) is 1.06. The highest BCUT2D eigenvalue weighted by Crippen LogP contribution is 2.48. The Labute approximate surface area is 110 Å². The number of phenols is 1. The first kappa shape index (κ1) is 12.0. The summed E-state index contributed by atoms with van der Waals surface area (Å²) in [6.45, 7) is 9.35. The lowest BCUT2D eigenvalue weighted by molar-refractivity contribution is 0.0477. The smallest absolute Gasteiger partial charge is 0.115 e. The number of aromatic hydroxyl groups is 1. The van der Waals surface area contributed by atoms with Crippen LogP contribution in [0, 0.1) is 5.92 Å². The van der Waals surface area contributed by atoms with Crippen LogP contribution in [0.2, 0.25) is 0 Å². The minimum Gasteiger partial charge on any atom is -0.508 e. The zero-order valence-corrected chi connectivity index (χ0v) is 11.6. The van der Waals surface area contributed by atoms with Crippen molar-refractivity contribution in [3.8, 4) is 5.75 Å². The normalized spacial score (nSPS) is 35.3. The molecule has 1 fully saturated rings. The molecule has 0 amide bonds. The van der Waals surface area contributed by atoms with Crippen molar-refractivity contribution in [1.29, 1.82) is 0 Å². The maximum Gasteiger partial charge on any atom is 0.115 e. The monoisotopic (exact) mass is 245 g/mol. The molecule has 2 heteroatoms.